The summed E-state index contributed by atoms with van der Waals surface area (Å²) in [6.07, 6.45) is -5.13. The van der Waals surface area contributed by atoms with E-state index >= 15 is 0 Å². The summed E-state index contributed by atoms with van der Waals surface area (Å²) < 4.78 is 41.4. The van der Waals surface area contributed by atoms with Gasteiger partial charge in [-0.3, -0.25) is 0 Å². The van der Waals surface area contributed by atoms with Crippen molar-refractivity contribution in [3.8, 4) is 11.8 Å². The maximum Gasteiger partial charge on any atom is 0.390 e. The highest BCUT2D eigenvalue weighted by atomic mass is 19.4. The van der Waals surface area contributed by atoms with Crippen molar-refractivity contribution in [3.63, 3.8) is 0 Å². The molecular formula is C12H13F3N2O. The maximum absolute atomic E-state index is 12.1. The third-order valence-corrected chi connectivity index (χ3v) is 2.47. The molecule has 0 aromatic heterocycles. The minimum Gasteiger partial charge on any atom is -0.497 e. The fourth-order valence-electron chi connectivity index (χ4n) is 1.46. The van der Waals surface area contributed by atoms with Gasteiger partial charge in [0.1, 0.15) is 11.8 Å². The van der Waals surface area contributed by atoms with Crippen molar-refractivity contribution in [1.29, 1.82) is 5.26 Å². The second-order valence-electron chi connectivity index (χ2n) is 3.78. The Morgan fingerprint density at radius 3 is 2.56 bits per heavy atom. The Morgan fingerprint density at radius 1 is 1.39 bits per heavy atom. The van der Waals surface area contributed by atoms with Gasteiger partial charge >= 0.3 is 6.18 Å². The molecule has 3 nitrogen and oxygen atoms in total. The van der Waals surface area contributed by atoms with Gasteiger partial charge in [-0.15, -0.1) is 0 Å². The molecule has 1 aromatic rings. The minimum absolute atomic E-state index is 0.203. The molecule has 98 valence electrons. The molecule has 0 amide bonds. The third kappa shape index (κ3) is 3.84. The highest BCUT2D eigenvalue weighted by molar-refractivity contribution is 5.61. The maximum atomic E-state index is 12.1. The molecule has 0 bridgehead atoms. The number of benzene rings is 1. The van der Waals surface area contributed by atoms with Gasteiger partial charge in [0.25, 0.3) is 0 Å². The van der Waals surface area contributed by atoms with E-state index in [4.69, 9.17) is 10.00 Å². The van der Waals surface area contributed by atoms with E-state index in [1.807, 2.05) is 6.07 Å². The van der Waals surface area contributed by atoms with Crippen LogP contribution in [-0.4, -0.2) is 26.9 Å². The summed E-state index contributed by atoms with van der Waals surface area (Å²) >= 11 is 0. The van der Waals surface area contributed by atoms with E-state index in [0.29, 0.717) is 17.0 Å². The molecule has 0 aliphatic rings. The van der Waals surface area contributed by atoms with Gasteiger partial charge in [0.15, 0.2) is 0 Å². The molecule has 0 spiro atoms. The number of ether oxygens (including phenoxy) is 1. The first kappa shape index (κ1) is 14.2. The average Bonchev–Trinajstić information content (AvgIpc) is 2.34. The molecular weight excluding hydrogens is 245 g/mol. The molecule has 18 heavy (non-hydrogen) atoms. The van der Waals surface area contributed by atoms with Crippen LogP contribution >= 0.6 is 0 Å². The predicted molar refractivity (Wildman–Crippen MR) is 61.7 cm³/mol. The SMILES string of the molecule is COc1ccc(C#N)c(N(C)CCC(F)(F)F)c1. The molecule has 0 aliphatic carbocycles. The van der Waals surface area contributed by atoms with Crippen LogP contribution in [0.2, 0.25) is 0 Å². The Kier molecular flexibility index (Phi) is 4.43. The van der Waals surface area contributed by atoms with E-state index in [-0.39, 0.29) is 6.54 Å². The highest BCUT2D eigenvalue weighted by Crippen LogP contribution is 2.27. The molecule has 0 N–H and O–H groups in total. The number of nitriles is 1. The number of methoxy groups -OCH3 is 1. The Hall–Kier alpha value is -1.90. The highest BCUT2D eigenvalue weighted by Gasteiger charge is 2.27. The normalized spacial score (nSPS) is 10.9. The monoisotopic (exact) mass is 258 g/mol. The standard InChI is InChI=1S/C12H13F3N2O/c1-17(6-5-12(13,14)15)11-7-10(18-2)4-3-9(11)8-16/h3-4,7H,5-6H2,1-2H3. The van der Waals surface area contributed by atoms with Crippen LogP contribution in [0.4, 0.5) is 18.9 Å². The van der Waals surface area contributed by atoms with Gasteiger partial charge < -0.3 is 9.64 Å². The lowest BCUT2D eigenvalue weighted by Crippen LogP contribution is -2.24. The zero-order chi connectivity index (χ0) is 13.8. The molecule has 0 fully saturated rings. The Balaban J connectivity index is 2.90. The first-order valence-corrected chi connectivity index (χ1v) is 5.23. The molecule has 0 saturated carbocycles. The van der Waals surface area contributed by atoms with E-state index in [1.165, 1.54) is 25.1 Å². The number of halogens is 3. The first-order valence-electron chi connectivity index (χ1n) is 5.23. The van der Waals surface area contributed by atoms with Gasteiger partial charge in [0.05, 0.1) is 24.8 Å². The van der Waals surface area contributed by atoms with Gasteiger partial charge in [-0.2, -0.15) is 18.4 Å². The van der Waals surface area contributed by atoms with E-state index in [9.17, 15) is 13.2 Å². The van der Waals surface area contributed by atoms with Crippen LogP contribution in [-0.2, 0) is 0 Å². The fraction of sp³-hybridized carbons (Fsp3) is 0.417. The van der Waals surface area contributed by atoms with Gasteiger partial charge in [-0.05, 0) is 12.1 Å². The minimum atomic E-state index is -4.21. The van der Waals surface area contributed by atoms with Crippen molar-refractivity contribution < 1.29 is 17.9 Å². The zero-order valence-corrected chi connectivity index (χ0v) is 10.1. The molecule has 0 atom stereocenters. The molecule has 1 rings (SSSR count). The van der Waals surface area contributed by atoms with Gasteiger partial charge in [-0.1, -0.05) is 0 Å². The molecule has 1 aromatic carbocycles. The number of anilines is 1. The number of hydrogen-bond donors (Lipinski definition) is 0. The third-order valence-electron chi connectivity index (χ3n) is 2.47. The summed E-state index contributed by atoms with van der Waals surface area (Å²) in [5.74, 6) is 0.503. The lowest BCUT2D eigenvalue weighted by molar-refractivity contribution is -0.132. The zero-order valence-electron chi connectivity index (χ0n) is 10.1. The number of hydrogen-bond acceptors (Lipinski definition) is 3. The Labute approximate surface area is 103 Å². The molecule has 0 unspecified atom stereocenters. The van der Waals surface area contributed by atoms with Crippen LogP contribution in [0.25, 0.3) is 0 Å². The quantitative estimate of drug-likeness (QED) is 0.833. The van der Waals surface area contributed by atoms with Crippen LogP contribution < -0.4 is 9.64 Å². The lowest BCUT2D eigenvalue weighted by Gasteiger charge is -2.21. The largest absolute Gasteiger partial charge is 0.497 e. The van der Waals surface area contributed by atoms with Crippen molar-refractivity contribution in [2.45, 2.75) is 12.6 Å². The van der Waals surface area contributed by atoms with Gasteiger partial charge in [0.2, 0.25) is 0 Å². The van der Waals surface area contributed by atoms with Crippen molar-refractivity contribution >= 4 is 5.69 Å². The van der Waals surface area contributed by atoms with Crippen molar-refractivity contribution in [1.82, 2.24) is 0 Å². The van der Waals surface area contributed by atoms with Crippen LogP contribution in [0.1, 0.15) is 12.0 Å². The summed E-state index contributed by atoms with van der Waals surface area (Å²) in [5, 5.41) is 8.92. The van der Waals surface area contributed by atoms with Crippen molar-refractivity contribution in [3.05, 3.63) is 23.8 Å². The van der Waals surface area contributed by atoms with E-state index in [1.54, 1.807) is 12.1 Å². The van der Waals surface area contributed by atoms with Crippen molar-refractivity contribution in [2.75, 3.05) is 25.6 Å². The summed E-state index contributed by atoms with van der Waals surface area (Å²) in [6.45, 7) is -0.203. The molecule has 0 aliphatic heterocycles. The van der Waals surface area contributed by atoms with Gasteiger partial charge in [-0.25, -0.2) is 0 Å². The Morgan fingerprint density at radius 2 is 2.06 bits per heavy atom. The summed E-state index contributed by atoms with van der Waals surface area (Å²) in [7, 11) is 2.97. The summed E-state index contributed by atoms with van der Waals surface area (Å²) in [4.78, 5) is 1.40. The summed E-state index contributed by atoms with van der Waals surface area (Å²) in [6, 6.07) is 6.62. The number of rotatable bonds is 4. The average molecular weight is 258 g/mol. The van der Waals surface area contributed by atoms with E-state index in [2.05, 4.69) is 0 Å². The topological polar surface area (TPSA) is 36.3 Å². The molecule has 6 heteroatoms. The fourth-order valence-corrected chi connectivity index (χ4v) is 1.46. The smallest absolute Gasteiger partial charge is 0.390 e. The number of nitrogens with zero attached hydrogens (tertiary/aromatic N) is 2. The van der Waals surface area contributed by atoms with Gasteiger partial charge in [0, 0.05) is 19.7 Å². The van der Waals surface area contributed by atoms with E-state index in [0.717, 1.165) is 0 Å². The molecule has 0 heterocycles. The van der Waals surface area contributed by atoms with Crippen molar-refractivity contribution in [2.24, 2.45) is 0 Å². The lowest BCUT2D eigenvalue weighted by atomic mass is 10.1. The van der Waals surface area contributed by atoms with Crippen LogP contribution in [0.15, 0.2) is 18.2 Å². The second-order valence-corrected chi connectivity index (χ2v) is 3.78. The summed E-state index contributed by atoms with van der Waals surface area (Å²) in [5.41, 5.74) is 0.751. The molecule has 0 saturated heterocycles. The predicted octanol–water partition coefficient (Wildman–Crippen LogP) is 2.96. The second kappa shape index (κ2) is 5.63. The molecule has 0 radical (unpaired) electrons. The van der Waals surface area contributed by atoms with Crippen LogP contribution in [0, 0.1) is 11.3 Å². The first-order chi connectivity index (χ1) is 8.37. The number of alkyl halides is 3. The van der Waals surface area contributed by atoms with Crippen LogP contribution in [0.3, 0.4) is 0 Å². The van der Waals surface area contributed by atoms with Crippen LogP contribution in [0.5, 0.6) is 5.75 Å². The Bertz CT molecular complexity index is 452. The van der Waals surface area contributed by atoms with E-state index < -0.39 is 12.6 Å².